The van der Waals surface area contributed by atoms with Gasteiger partial charge in [-0.1, -0.05) is 24.6 Å². The van der Waals surface area contributed by atoms with Crippen molar-refractivity contribution < 1.29 is 13.2 Å². The molecular formula is C12H16ClNO3S. The van der Waals surface area contributed by atoms with E-state index >= 15 is 0 Å². The molecule has 0 fully saturated rings. The van der Waals surface area contributed by atoms with Crippen LogP contribution in [0.3, 0.4) is 0 Å². The molecule has 1 unspecified atom stereocenters. The van der Waals surface area contributed by atoms with E-state index in [0.717, 1.165) is 0 Å². The van der Waals surface area contributed by atoms with Gasteiger partial charge in [-0.3, -0.25) is 4.79 Å². The molecule has 0 aromatic heterocycles. The quantitative estimate of drug-likeness (QED) is 0.900. The van der Waals surface area contributed by atoms with E-state index in [2.05, 4.69) is 5.32 Å². The molecule has 4 nitrogen and oxygen atoms in total. The summed E-state index contributed by atoms with van der Waals surface area (Å²) >= 11 is 5.78. The molecule has 1 amide bonds. The lowest BCUT2D eigenvalue weighted by Gasteiger charge is -2.13. The molecule has 18 heavy (non-hydrogen) atoms. The first-order chi connectivity index (χ1) is 8.34. The molecule has 0 spiro atoms. The smallest absolute Gasteiger partial charge is 0.251 e. The molecule has 0 aliphatic rings. The van der Waals surface area contributed by atoms with Gasteiger partial charge in [0, 0.05) is 22.4 Å². The summed E-state index contributed by atoms with van der Waals surface area (Å²) in [6, 6.07) is 6.08. The molecule has 0 saturated heterocycles. The SMILES string of the molecule is CCS(=O)(=O)CC(C)NC(=O)c1cccc(Cl)c1. The highest BCUT2D eigenvalue weighted by molar-refractivity contribution is 7.91. The van der Waals surface area contributed by atoms with E-state index in [-0.39, 0.29) is 17.4 Å². The minimum Gasteiger partial charge on any atom is -0.349 e. The van der Waals surface area contributed by atoms with Crippen molar-refractivity contribution in [1.82, 2.24) is 5.32 Å². The zero-order valence-electron chi connectivity index (χ0n) is 10.3. The molecule has 100 valence electrons. The van der Waals surface area contributed by atoms with Gasteiger partial charge in [0.2, 0.25) is 0 Å². The number of nitrogens with one attached hydrogen (secondary N) is 1. The monoisotopic (exact) mass is 289 g/mol. The molecule has 0 bridgehead atoms. The van der Waals surface area contributed by atoms with E-state index in [1.165, 1.54) is 6.07 Å². The van der Waals surface area contributed by atoms with Crippen LogP contribution >= 0.6 is 11.6 Å². The van der Waals surface area contributed by atoms with E-state index in [9.17, 15) is 13.2 Å². The van der Waals surface area contributed by atoms with Crippen LogP contribution in [0, 0.1) is 0 Å². The van der Waals surface area contributed by atoms with Crippen molar-refractivity contribution in [3.05, 3.63) is 34.9 Å². The van der Waals surface area contributed by atoms with Gasteiger partial charge in [0.15, 0.2) is 9.84 Å². The lowest BCUT2D eigenvalue weighted by Crippen LogP contribution is -2.37. The average Bonchev–Trinajstić information content (AvgIpc) is 2.28. The molecular weight excluding hydrogens is 274 g/mol. The van der Waals surface area contributed by atoms with E-state index in [1.54, 1.807) is 32.0 Å². The first kappa shape index (κ1) is 15.0. The molecule has 1 atom stereocenters. The van der Waals surface area contributed by atoms with Gasteiger partial charge >= 0.3 is 0 Å². The van der Waals surface area contributed by atoms with Gasteiger partial charge in [-0.05, 0) is 25.1 Å². The van der Waals surface area contributed by atoms with Crippen molar-refractivity contribution in [2.24, 2.45) is 0 Å². The Labute approximate surface area is 112 Å². The van der Waals surface area contributed by atoms with Crippen molar-refractivity contribution in [3.8, 4) is 0 Å². The first-order valence-corrected chi connectivity index (χ1v) is 7.81. The zero-order valence-corrected chi connectivity index (χ0v) is 11.9. The van der Waals surface area contributed by atoms with Crippen LogP contribution < -0.4 is 5.32 Å². The van der Waals surface area contributed by atoms with Gasteiger partial charge in [0.1, 0.15) is 0 Å². The van der Waals surface area contributed by atoms with Gasteiger partial charge in [0.25, 0.3) is 5.91 Å². The van der Waals surface area contributed by atoms with Crippen LogP contribution in [0.1, 0.15) is 24.2 Å². The lowest BCUT2D eigenvalue weighted by atomic mass is 10.2. The maximum Gasteiger partial charge on any atom is 0.251 e. The fourth-order valence-electron chi connectivity index (χ4n) is 1.48. The molecule has 1 aromatic carbocycles. The largest absolute Gasteiger partial charge is 0.349 e. The van der Waals surface area contributed by atoms with Crippen LogP contribution in [-0.2, 0) is 9.84 Å². The predicted octanol–water partition coefficient (Wildman–Crippen LogP) is 1.89. The second kappa shape index (κ2) is 6.20. The maximum atomic E-state index is 11.8. The number of benzene rings is 1. The van der Waals surface area contributed by atoms with Crippen LogP contribution in [0.5, 0.6) is 0 Å². The summed E-state index contributed by atoms with van der Waals surface area (Å²) in [5.74, 6) is -0.309. The molecule has 0 aliphatic carbocycles. The van der Waals surface area contributed by atoms with Gasteiger partial charge in [0.05, 0.1) is 5.75 Å². The number of rotatable bonds is 5. The third-order valence-electron chi connectivity index (χ3n) is 2.41. The van der Waals surface area contributed by atoms with E-state index in [0.29, 0.717) is 10.6 Å². The summed E-state index contributed by atoms with van der Waals surface area (Å²) in [7, 11) is -3.10. The second-order valence-electron chi connectivity index (χ2n) is 4.08. The Hall–Kier alpha value is -1.07. The fourth-order valence-corrected chi connectivity index (χ4v) is 2.75. The Morgan fingerprint density at radius 2 is 2.11 bits per heavy atom. The van der Waals surface area contributed by atoms with Crippen LogP contribution in [0.4, 0.5) is 0 Å². The summed E-state index contributed by atoms with van der Waals surface area (Å²) in [6.07, 6.45) is 0. The standard InChI is InChI=1S/C12H16ClNO3S/c1-3-18(16,17)8-9(2)14-12(15)10-5-4-6-11(13)7-10/h4-7,9H,3,8H2,1-2H3,(H,14,15). The van der Waals surface area contributed by atoms with Gasteiger partial charge in [-0.2, -0.15) is 0 Å². The molecule has 0 radical (unpaired) electrons. The first-order valence-electron chi connectivity index (χ1n) is 5.61. The fraction of sp³-hybridized carbons (Fsp3) is 0.417. The topological polar surface area (TPSA) is 63.2 Å². The molecule has 1 N–H and O–H groups in total. The van der Waals surface area contributed by atoms with Crippen LogP contribution in [0.15, 0.2) is 24.3 Å². The molecule has 0 aliphatic heterocycles. The Balaban J connectivity index is 2.66. The van der Waals surface area contributed by atoms with Crippen LogP contribution in [0.2, 0.25) is 5.02 Å². The number of carbonyl (C=O) groups excluding carboxylic acids is 1. The molecule has 0 saturated carbocycles. The summed E-state index contributed by atoms with van der Waals surface area (Å²) < 4.78 is 22.8. The second-order valence-corrected chi connectivity index (χ2v) is 6.92. The van der Waals surface area contributed by atoms with Crippen LogP contribution in [-0.4, -0.2) is 31.9 Å². The van der Waals surface area contributed by atoms with Crippen molar-refractivity contribution in [3.63, 3.8) is 0 Å². The van der Waals surface area contributed by atoms with Gasteiger partial charge < -0.3 is 5.32 Å². The Morgan fingerprint density at radius 1 is 1.44 bits per heavy atom. The maximum absolute atomic E-state index is 11.8. The Kier molecular flexibility index (Phi) is 5.16. The van der Waals surface area contributed by atoms with Gasteiger partial charge in [-0.25, -0.2) is 8.42 Å². The predicted molar refractivity (Wildman–Crippen MR) is 72.7 cm³/mol. The zero-order chi connectivity index (χ0) is 13.8. The minimum absolute atomic E-state index is 0.0597. The van der Waals surface area contributed by atoms with E-state index < -0.39 is 15.9 Å². The summed E-state index contributed by atoms with van der Waals surface area (Å²) in [4.78, 5) is 11.8. The average molecular weight is 290 g/mol. The number of sulfone groups is 1. The summed E-state index contributed by atoms with van der Waals surface area (Å²) in [5.41, 5.74) is 0.420. The van der Waals surface area contributed by atoms with Crippen LogP contribution in [0.25, 0.3) is 0 Å². The lowest BCUT2D eigenvalue weighted by molar-refractivity contribution is 0.0943. The number of hydrogen-bond donors (Lipinski definition) is 1. The van der Waals surface area contributed by atoms with Crippen molar-refractivity contribution >= 4 is 27.3 Å². The summed E-state index contributed by atoms with van der Waals surface area (Å²) in [5, 5.41) is 3.11. The molecule has 1 aromatic rings. The highest BCUT2D eigenvalue weighted by atomic mass is 35.5. The normalized spacial score (nSPS) is 13.1. The summed E-state index contributed by atoms with van der Waals surface area (Å²) in [6.45, 7) is 3.25. The highest BCUT2D eigenvalue weighted by Gasteiger charge is 2.16. The third kappa shape index (κ3) is 4.66. The van der Waals surface area contributed by atoms with Crippen molar-refractivity contribution in [2.45, 2.75) is 19.9 Å². The van der Waals surface area contributed by atoms with E-state index in [1.807, 2.05) is 0 Å². The molecule has 6 heteroatoms. The number of carbonyl (C=O) groups is 1. The van der Waals surface area contributed by atoms with Gasteiger partial charge in [-0.15, -0.1) is 0 Å². The highest BCUT2D eigenvalue weighted by Crippen LogP contribution is 2.10. The minimum atomic E-state index is -3.10. The third-order valence-corrected chi connectivity index (χ3v) is 4.53. The van der Waals surface area contributed by atoms with Crippen molar-refractivity contribution in [2.75, 3.05) is 11.5 Å². The number of amides is 1. The number of hydrogen-bond acceptors (Lipinski definition) is 3. The number of halogens is 1. The molecule has 0 heterocycles. The van der Waals surface area contributed by atoms with E-state index in [4.69, 9.17) is 11.6 Å². The molecule has 1 rings (SSSR count). The van der Waals surface area contributed by atoms with Crippen molar-refractivity contribution in [1.29, 1.82) is 0 Å². The Morgan fingerprint density at radius 3 is 2.67 bits per heavy atom. The Bertz CT molecular complexity index is 528.